The molecule has 0 atom stereocenters. The van der Waals surface area contributed by atoms with Gasteiger partial charge in [-0.1, -0.05) is 6.08 Å². The van der Waals surface area contributed by atoms with E-state index in [-0.39, 0.29) is 18.0 Å². The summed E-state index contributed by atoms with van der Waals surface area (Å²) >= 11 is 0. The second-order valence-electron chi connectivity index (χ2n) is 6.32. The highest BCUT2D eigenvalue weighted by Crippen LogP contribution is 2.32. The summed E-state index contributed by atoms with van der Waals surface area (Å²) in [6, 6.07) is 16.5. The van der Waals surface area contributed by atoms with Crippen molar-refractivity contribution in [1.29, 1.82) is 0 Å². The Hall–Kier alpha value is -4.24. The van der Waals surface area contributed by atoms with Crippen molar-refractivity contribution in [2.75, 3.05) is 6.61 Å². The molecule has 0 amide bonds. The first-order valence-electron chi connectivity index (χ1n) is 9.12. The smallest absolute Gasteiger partial charge is 0.269 e. The minimum atomic E-state index is -0.489. The highest BCUT2D eigenvalue weighted by atomic mass is 16.6. The lowest BCUT2D eigenvalue weighted by Crippen LogP contribution is -1.96. The SMILES string of the molecule is C=CCOCc1cc(Oc2ccc([N+](=O)[O-])cc2)cc(Oc2ccc([N+](=O)[O-])cc2)c1. The van der Waals surface area contributed by atoms with Crippen LogP contribution in [-0.2, 0) is 11.3 Å². The summed E-state index contributed by atoms with van der Waals surface area (Å²) in [4.78, 5) is 20.6. The van der Waals surface area contributed by atoms with Crippen LogP contribution in [0.15, 0.2) is 79.4 Å². The molecule has 0 aliphatic heterocycles. The maximum atomic E-state index is 10.8. The molecule has 0 bridgehead atoms. The quantitative estimate of drug-likeness (QED) is 0.176. The third-order valence-corrected chi connectivity index (χ3v) is 4.01. The zero-order valence-corrected chi connectivity index (χ0v) is 16.3. The van der Waals surface area contributed by atoms with Gasteiger partial charge >= 0.3 is 0 Å². The molecule has 0 fully saturated rings. The van der Waals surface area contributed by atoms with Crippen molar-refractivity contribution in [3.8, 4) is 23.0 Å². The molecule has 3 aromatic carbocycles. The second-order valence-corrected chi connectivity index (χ2v) is 6.32. The summed E-state index contributed by atoms with van der Waals surface area (Å²) in [6.07, 6.45) is 1.63. The van der Waals surface area contributed by atoms with Crippen molar-refractivity contribution in [2.24, 2.45) is 0 Å². The molecule has 158 valence electrons. The maximum Gasteiger partial charge on any atom is 0.269 e. The third-order valence-electron chi connectivity index (χ3n) is 4.01. The van der Waals surface area contributed by atoms with Gasteiger partial charge in [0.2, 0.25) is 0 Å². The number of ether oxygens (including phenoxy) is 3. The van der Waals surface area contributed by atoms with E-state index in [0.717, 1.165) is 5.56 Å². The van der Waals surface area contributed by atoms with Crippen LogP contribution in [0.3, 0.4) is 0 Å². The fourth-order valence-electron chi connectivity index (χ4n) is 2.64. The number of nitro benzene ring substituents is 2. The first-order chi connectivity index (χ1) is 14.9. The van der Waals surface area contributed by atoms with Crippen LogP contribution in [0.5, 0.6) is 23.0 Å². The number of benzene rings is 3. The van der Waals surface area contributed by atoms with Crippen LogP contribution >= 0.6 is 0 Å². The van der Waals surface area contributed by atoms with Crippen molar-refractivity contribution in [3.63, 3.8) is 0 Å². The van der Waals surface area contributed by atoms with E-state index < -0.39 is 9.85 Å². The number of nitrogens with zero attached hydrogens (tertiary/aromatic N) is 2. The van der Waals surface area contributed by atoms with Gasteiger partial charge in [0.25, 0.3) is 11.4 Å². The molecular formula is C22H18N2O7. The van der Waals surface area contributed by atoms with Gasteiger partial charge in [0, 0.05) is 30.3 Å². The number of nitro groups is 2. The van der Waals surface area contributed by atoms with Gasteiger partial charge in [-0.05, 0) is 42.0 Å². The molecule has 0 saturated carbocycles. The minimum absolute atomic E-state index is 0.0406. The van der Waals surface area contributed by atoms with Crippen LogP contribution in [0.4, 0.5) is 11.4 Å². The number of rotatable bonds is 10. The molecule has 0 saturated heterocycles. The van der Waals surface area contributed by atoms with E-state index in [1.807, 2.05) is 0 Å². The number of hydrogen-bond acceptors (Lipinski definition) is 7. The van der Waals surface area contributed by atoms with Gasteiger partial charge in [-0.25, -0.2) is 0 Å². The molecule has 9 nitrogen and oxygen atoms in total. The normalized spacial score (nSPS) is 10.3. The molecular weight excluding hydrogens is 404 g/mol. The Bertz CT molecular complexity index is 1000. The van der Waals surface area contributed by atoms with Gasteiger partial charge in [0.1, 0.15) is 23.0 Å². The number of hydrogen-bond donors (Lipinski definition) is 0. The van der Waals surface area contributed by atoms with E-state index in [1.165, 1.54) is 48.5 Å². The molecule has 3 aromatic rings. The van der Waals surface area contributed by atoms with Gasteiger partial charge in [-0.2, -0.15) is 0 Å². The first kappa shape index (κ1) is 21.5. The van der Waals surface area contributed by atoms with E-state index in [2.05, 4.69) is 6.58 Å². The van der Waals surface area contributed by atoms with E-state index in [4.69, 9.17) is 14.2 Å². The Labute approximate surface area is 177 Å². The lowest BCUT2D eigenvalue weighted by Gasteiger charge is -2.12. The largest absolute Gasteiger partial charge is 0.457 e. The summed E-state index contributed by atoms with van der Waals surface area (Å²) < 4.78 is 17.1. The Morgan fingerprint density at radius 1 is 0.742 bits per heavy atom. The van der Waals surface area contributed by atoms with E-state index in [1.54, 1.807) is 24.3 Å². The van der Waals surface area contributed by atoms with Crippen LogP contribution in [-0.4, -0.2) is 16.5 Å². The Morgan fingerprint density at radius 3 is 1.58 bits per heavy atom. The van der Waals surface area contributed by atoms with E-state index in [9.17, 15) is 20.2 Å². The van der Waals surface area contributed by atoms with Crippen LogP contribution in [0.2, 0.25) is 0 Å². The Morgan fingerprint density at radius 2 is 1.19 bits per heavy atom. The highest BCUT2D eigenvalue weighted by molar-refractivity contribution is 5.45. The topological polar surface area (TPSA) is 114 Å². The molecule has 31 heavy (non-hydrogen) atoms. The van der Waals surface area contributed by atoms with Crippen LogP contribution in [0.25, 0.3) is 0 Å². The fourth-order valence-corrected chi connectivity index (χ4v) is 2.64. The van der Waals surface area contributed by atoms with Gasteiger partial charge in [0.15, 0.2) is 0 Å². The fraction of sp³-hybridized carbons (Fsp3) is 0.0909. The zero-order chi connectivity index (χ0) is 22.2. The average Bonchev–Trinajstić information content (AvgIpc) is 2.74. The molecule has 0 N–H and O–H groups in total. The third kappa shape index (κ3) is 6.12. The van der Waals surface area contributed by atoms with Gasteiger partial charge in [-0.3, -0.25) is 20.2 Å². The van der Waals surface area contributed by atoms with Crippen molar-refractivity contribution in [2.45, 2.75) is 6.61 Å². The molecule has 0 aliphatic rings. The van der Waals surface area contributed by atoms with Gasteiger partial charge in [0.05, 0.1) is 23.1 Å². The molecule has 0 aliphatic carbocycles. The number of non-ortho nitro benzene ring substituents is 2. The van der Waals surface area contributed by atoms with Gasteiger partial charge < -0.3 is 14.2 Å². The van der Waals surface area contributed by atoms with E-state index in [0.29, 0.717) is 29.6 Å². The average molecular weight is 422 g/mol. The molecule has 0 spiro atoms. The molecule has 0 heterocycles. The van der Waals surface area contributed by atoms with Crippen molar-refractivity contribution in [3.05, 3.63) is 105 Å². The molecule has 9 heteroatoms. The summed E-state index contributed by atoms with van der Waals surface area (Å²) in [5.74, 6) is 1.70. The van der Waals surface area contributed by atoms with Crippen molar-refractivity contribution >= 4 is 11.4 Å². The summed E-state index contributed by atoms with van der Waals surface area (Å²) in [5, 5.41) is 21.6. The predicted molar refractivity (Wildman–Crippen MR) is 113 cm³/mol. The summed E-state index contributed by atoms with van der Waals surface area (Å²) in [6.45, 7) is 4.25. The summed E-state index contributed by atoms with van der Waals surface area (Å²) in [5.41, 5.74) is 0.681. The molecule has 0 radical (unpaired) electrons. The monoisotopic (exact) mass is 422 g/mol. The zero-order valence-electron chi connectivity index (χ0n) is 16.3. The maximum absolute atomic E-state index is 10.8. The lowest BCUT2D eigenvalue weighted by atomic mass is 10.2. The highest BCUT2D eigenvalue weighted by Gasteiger charge is 2.10. The predicted octanol–water partition coefficient (Wildman–Crippen LogP) is 5.79. The summed E-state index contributed by atoms with van der Waals surface area (Å²) in [7, 11) is 0. The second kappa shape index (κ2) is 9.99. The standard InChI is InChI=1S/C22H18N2O7/c1-2-11-29-15-16-12-21(30-19-7-3-17(4-8-19)23(25)26)14-22(13-16)31-20-9-5-18(6-10-20)24(27)28/h2-10,12-14H,1,11,15H2. The van der Waals surface area contributed by atoms with E-state index >= 15 is 0 Å². The van der Waals surface area contributed by atoms with Crippen LogP contribution < -0.4 is 9.47 Å². The van der Waals surface area contributed by atoms with Crippen molar-refractivity contribution < 1.29 is 24.1 Å². The molecule has 0 aromatic heterocycles. The minimum Gasteiger partial charge on any atom is -0.457 e. The van der Waals surface area contributed by atoms with Crippen LogP contribution in [0.1, 0.15) is 5.56 Å². The first-order valence-corrected chi connectivity index (χ1v) is 9.12. The molecule has 0 unspecified atom stereocenters. The molecule has 3 rings (SSSR count). The van der Waals surface area contributed by atoms with Crippen LogP contribution in [0, 0.1) is 20.2 Å². The Kier molecular flexibility index (Phi) is 6.92. The lowest BCUT2D eigenvalue weighted by molar-refractivity contribution is -0.385. The Balaban J connectivity index is 1.83. The van der Waals surface area contributed by atoms with Gasteiger partial charge in [-0.15, -0.1) is 6.58 Å². The van der Waals surface area contributed by atoms with Crippen molar-refractivity contribution in [1.82, 2.24) is 0 Å².